The number of pyridine rings is 1. The van der Waals surface area contributed by atoms with E-state index in [1.54, 1.807) is 30.3 Å². The van der Waals surface area contributed by atoms with Gasteiger partial charge in [0.25, 0.3) is 0 Å². The quantitative estimate of drug-likeness (QED) is 0.106. The Morgan fingerprint density at radius 1 is 0.980 bits per heavy atom. The van der Waals surface area contributed by atoms with Gasteiger partial charge in [-0.3, -0.25) is 10.1 Å². The molecule has 0 fully saturated rings. The molecule has 268 valence electrons. The molecule has 2 atom stereocenters. The maximum atomic E-state index is 13.5. The summed E-state index contributed by atoms with van der Waals surface area (Å²) in [6, 6.07) is 22.0. The molecule has 5 amide bonds. The smallest absolute Gasteiger partial charge is 0.320 e. The van der Waals surface area contributed by atoms with Gasteiger partial charge in [-0.15, -0.1) is 0 Å². The van der Waals surface area contributed by atoms with E-state index in [1.807, 2.05) is 79.5 Å². The normalized spacial score (nSPS) is 14.4. The monoisotopic (exact) mass is 692 g/mol. The number of amides is 5. The lowest BCUT2D eigenvalue weighted by Crippen LogP contribution is -2.45. The number of urea groups is 2. The summed E-state index contributed by atoms with van der Waals surface area (Å²) < 4.78 is 6.29. The van der Waals surface area contributed by atoms with Crippen LogP contribution in [-0.4, -0.2) is 59.4 Å². The number of aryl methyl sites for hydroxylation is 1. The number of unbranched alkanes of at least 4 members (excludes halogenated alkanes) is 1. The fraction of sp³-hybridized carbons (Fsp3) is 0.359. The third kappa shape index (κ3) is 9.96. The van der Waals surface area contributed by atoms with Crippen LogP contribution in [0.25, 0.3) is 10.8 Å². The molecule has 2 unspecified atom stereocenters. The van der Waals surface area contributed by atoms with Gasteiger partial charge in [0.1, 0.15) is 23.5 Å². The van der Waals surface area contributed by atoms with Crippen LogP contribution in [0.4, 0.5) is 26.8 Å². The Labute approximate surface area is 299 Å². The number of rotatable bonds is 14. The average Bonchev–Trinajstić information content (AvgIpc) is 3.52. The Hall–Kier alpha value is -5.65. The Morgan fingerprint density at radius 2 is 1.75 bits per heavy atom. The molecule has 5 rings (SSSR count). The van der Waals surface area contributed by atoms with E-state index in [9.17, 15) is 14.4 Å². The molecular formula is C39H48N8O4. The zero-order valence-corrected chi connectivity index (χ0v) is 30.0. The van der Waals surface area contributed by atoms with Gasteiger partial charge in [-0.25, -0.2) is 19.6 Å². The van der Waals surface area contributed by atoms with Crippen LogP contribution < -0.4 is 31.0 Å². The Morgan fingerprint density at radius 3 is 2.47 bits per heavy atom. The number of anilines is 3. The summed E-state index contributed by atoms with van der Waals surface area (Å²) in [7, 11) is 1.74. The van der Waals surface area contributed by atoms with Gasteiger partial charge in [0.2, 0.25) is 5.91 Å². The maximum Gasteiger partial charge on any atom is 0.320 e. The standard InChI is InChI=1S/C39H48N8O4/c1-6-8-11-29-24-37(47(45-29)30-16-14-26(3)15-17-30)44-39(50)42-34-18-19-35(33-13-10-9-12-32(33)34)51-31-20-22-40-36(25-31)43-38(49)41-28(7-2)21-23-46(5)27(4)48/h9-10,12-20,22,25,28,37H,6-8,11,21,23-24H2,1-5H3,(H2,42,44,50)(H2,40,41,43,49). The van der Waals surface area contributed by atoms with Crippen molar-refractivity contribution < 1.29 is 19.1 Å². The molecule has 12 nitrogen and oxygen atoms in total. The second-order valence-corrected chi connectivity index (χ2v) is 12.8. The summed E-state index contributed by atoms with van der Waals surface area (Å²) in [4.78, 5) is 43.7. The van der Waals surface area contributed by atoms with Crippen LogP contribution in [0.15, 0.2) is 84.1 Å². The summed E-state index contributed by atoms with van der Waals surface area (Å²) >= 11 is 0. The van der Waals surface area contributed by atoms with Crippen molar-refractivity contribution in [3.8, 4) is 11.5 Å². The number of nitrogens with one attached hydrogen (secondary N) is 4. The third-order valence-electron chi connectivity index (χ3n) is 8.90. The predicted octanol–water partition coefficient (Wildman–Crippen LogP) is 8.01. The van der Waals surface area contributed by atoms with Crippen molar-refractivity contribution >= 4 is 51.6 Å². The van der Waals surface area contributed by atoms with Crippen LogP contribution >= 0.6 is 0 Å². The van der Waals surface area contributed by atoms with Crippen molar-refractivity contribution in [3.05, 3.63) is 84.6 Å². The first-order valence-electron chi connectivity index (χ1n) is 17.6. The molecule has 4 N–H and O–H groups in total. The molecule has 2 heterocycles. The van der Waals surface area contributed by atoms with E-state index >= 15 is 0 Å². The first-order valence-corrected chi connectivity index (χ1v) is 17.6. The highest BCUT2D eigenvalue weighted by Crippen LogP contribution is 2.35. The number of carbonyl (C=O) groups excluding carboxylic acids is 3. The van der Waals surface area contributed by atoms with E-state index in [4.69, 9.17) is 9.84 Å². The molecular weight excluding hydrogens is 644 g/mol. The van der Waals surface area contributed by atoms with Crippen LogP contribution in [0.5, 0.6) is 11.5 Å². The summed E-state index contributed by atoms with van der Waals surface area (Å²) in [6.45, 7) is 8.26. The van der Waals surface area contributed by atoms with Crippen LogP contribution in [-0.2, 0) is 4.79 Å². The Balaban J connectivity index is 1.24. The van der Waals surface area contributed by atoms with E-state index in [1.165, 1.54) is 6.92 Å². The van der Waals surface area contributed by atoms with Crippen molar-refractivity contribution in [1.29, 1.82) is 0 Å². The third-order valence-corrected chi connectivity index (χ3v) is 8.90. The van der Waals surface area contributed by atoms with Gasteiger partial charge in [0, 0.05) is 61.7 Å². The minimum atomic E-state index is -0.389. The van der Waals surface area contributed by atoms with E-state index in [-0.39, 0.29) is 30.2 Å². The first-order chi connectivity index (χ1) is 24.6. The fourth-order valence-corrected chi connectivity index (χ4v) is 5.82. The van der Waals surface area contributed by atoms with Crippen LogP contribution in [0.2, 0.25) is 0 Å². The summed E-state index contributed by atoms with van der Waals surface area (Å²) in [5.41, 5.74) is 3.80. The second-order valence-electron chi connectivity index (χ2n) is 12.8. The van der Waals surface area contributed by atoms with Gasteiger partial charge < -0.3 is 25.6 Å². The number of aromatic nitrogens is 1. The minimum Gasteiger partial charge on any atom is -0.457 e. The molecule has 0 saturated carbocycles. The molecule has 4 aromatic rings. The largest absolute Gasteiger partial charge is 0.457 e. The van der Waals surface area contributed by atoms with Gasteiger partial charge in [0.15, 0.2) is 0 Å². The Bertz CT molecular complexity index is 1860. The van der Waals surface area contributed by atoms with Gasteiger partial charge in [0.05, 0.1) is 11.4 Å². The van der Waals surface area contributed by atoms with Crippen LogP contribution in [0.1, 0.15) is 64.9 Å². The van der Waals surface area contributed by atoms with Gasteiger partial charge in [-0.05, 0) is 62.9 Å². The van der Waals surface area contributed by atoms with Gasteiger partial charge >= 0.3 is 12.1 Å². The van der Waals surface area contributed by atoms with Crippen LogP contribution in [0, 0.1) is 6.92 Å². The molecule has 0 saturated heterocycles. The van der Waals surface area contributed by atoms with Crippen molar-refractivity contribution in [2.45, 2.75) is 78.4 Å². The lowest BCUT2D eigenvalue weighted by molar-refractivity contribution is -0.127. The number of hydrogen-bond donors (Lipinski definition) is 4. The molecule has 0 radical (unpaired) electrons. The predicted molar refractivity (Wildman–Crippen MR) is 204 cm³/mol. The zero-order valence-electron chi connectivity index (χ0n) is 30.0. The topological polar surface area (TPSA) is 140 Å². The van der Waals surface area contributed by atoms with Gasteiger partial charge in [-0.2, -0.15) is 5.10 Å². The van der Waals surface area contributed by atoms with Crippen molar-refractivity contribution in [3.63, 3.8) is 0 Å². The number of benzene rings is 3. The molecule has 0 spiro atoms. The summed E-state index contributed by atoms with van der Waals surface area (Å²) in [6.07, 6.45) is 6.28. The molecule has 0 bridgehead atoms. The summed E-state index contributed by atoms with van der Waals surface area (Å²) in [5, 5.41) is 20.3. The maximum absolute atomic E-state index is 13.5. The number of hydrazone groups is 1. The highest BCUT2D eigenvalue weighted by Gasteiger charge is 2.29. The number of nitrogens with zero attached hydrogens (tertiary/aromatic N) is 4. The van der Waals surface area contributed by atoms with Crippen molar-refractivity contribution in [2.75, 3.05) is 29.2 Å². The van der Waals surface area contributed by atoms with Crippen molar-refractivity contribution in [1.82, 2.24) is 20.5 Å². The number of fused-ring (bicyclic) bond motifs is 1. The highest BCUT2D eigenvalue weighted by atomic mass is 16.5. The van der Waals surface area contributed by atoms with E-state index in [2.05, 4.69) is 33.2 Å². The lowest BCUT2D eigenvalue weighted by atomic mass is 10.1. The lowest BCUT2D eigenvalue weighted by Gasteiger charge is -2.25. The fourth-order valence-electron chi connectivity index (χ4n) is 5.82. The van der Waals surface area contributed by atoms with E-state index < -0.39 is 0 Å². The molecule has 1 aromatic heterocycles. The average molecular weight is 693 g/mol. The summed E-state index contributed by atoms with van der Waals surface area (Å²) in [5.74, 6) is 1.37. The van der Waals surface area contributed by atoms with E-state index in [0.717, 1.165) is 53.4 Å². The number of ether oxygens (including phenoxy) is 1. The van der Waals surface area contributed by atoms with Gasteiger partial charge in [-0.1, -0.05) is 62.2 Å². The van der Waals surface area contributed by atoms with E-state index in [0.29, 0.717) is 42.4 Å². The molecule has 12 heteroatoms. The molecule has 51 heavy (non-hydrogen) atoms. The van der Waals surface area contributed by atoms with Crippen molar-refractivity contribution in [2.24, 2.45) is 5.10 Å². The molecule has 1 aliphatic rings. The molecule has 0 aliphatic carbocycles. The molecule has 1 aliphatic heterocycles. The Kier molecular flexibility index (Phi) is 12.4. The number of hydrogen-bond acceptors (Lipinski definition) is 7. The zero-order chi connectivity index (χ0) is 36.3. The first kappa shape index (κ1) is 36.6. The second kappa shape index (κ2) is 17.3. The molecule has 3 aromatic carbocycles. The minimum absolute atomic E-state index is 0.0175. The SMILES string of the molecule is CCCCC1=NN(c2ccc(C)cc2)C(NC(=O)Nc2ccc(Oc3ccnc(NC(=O)NC(CC)CCN(C)C(C)=O)c3)c3ccccc23)C1. The highest BCUT2D eigenvalue weighted by molar-refractivity contribution is 6.04. The number of carbonyl (C=O) groups is 3. The van der Waals surface area contributed by atoms with Crippen LogP contribution in [0.3, 0.4) is 0 Å².